The van der Waals surface area contributed by atoms with Crippen LogP contribution in [0.5, 0.6) is 0 Å². The summed E-state index contributed by atoms with van der Waals surface area (Å²) in [5, 5.41) is 2.59. The summed E-state index contributed by atoms with van der Waals surface area (Å²) in [5.41, 5.74) is 1.99. The maximum Gasteiger partial charge on any atom is 0.252 e. The third-order valence-corrected chi connectivity index (χ3v) is 4.47. The molecule has 0 saturated heterocycles. The standard InChI is InChI=1S/C14H16N2O3S/c1-4-7-15-14(17)11-5-6-13-12(9-11)8-10(2)16(13)20(3,18)19/h1,5-6,9-10H,7-8H2,2-3H3,(H,15,17)/t10-/m0/s1. The van der Waals surface area contributed by atoms with Gasteiger partial charge in [-0.2, -0.15) is 0 Å². The molecule has 1 aromatic rings. The van der Waals surface area contributed by atoms with E-state index in [1.807, 2.05) is 6.92 Å². The molecule has 1 aliphatic rings. The number of terminal acetylenes is 1. The molecule has 5 nitrogen and oxygen atoms in total. The molecule has 0 unspecified atom stereocenters. The third-order valence-electron chi connectivity index (χ3n) is 3.20. The minimum absolute atomic E-state index is 0.135. The lowest BCUT2D eigenvalue weighted by molar-refractivity contribution is 0.0958. The maximum absolute atomic E-state index is 11.8. The molecule has 20 heavy (non-hydrogen) atoms. The van der Waals surface area contributed by atoms with Crippen LogP contribution in [0.2, 0.25) is 0 Å². The van der Waals surface area contributed by atoms with Crippen LogP contribution in [0, 0.1) is 12.3 Å². The molecule has 1 N–H and O–H groups in total. The van der Waals surface area contributed by atoms with Gasteiger partial charge in [-0.05, 0) is 37.1 Å². The van der Waals surface area contributed by atoms with Crippen LogP contribution < -0.4 is 9.62 Å². The zero-order valence-electron chi connectivity index (χ0n) is 11.4. The van der Waals surface area contributed by atoms with Gasteiger partial charge in [-0.25, -0.2) is 8.42 Å². The van der Waals surface area contributed by atoms with Crippen LogP contribution in [0.4, 0.5) is 5.69 Å². The fourth-order valence-corrected chi connectivity index (χ4v) is 3.75. The number of nitrogens with one attached hydrogen (secondary N) is 1. The van der Waals surface area contributed by atoms with Gasteiger partial charge in [0.05, 0.1) is 18.5 Å². The predicted molar refractivity (Wildman–Crippen MR) is 78.1 cm³/mol. The van der Waals surface area contributed by atoms with Gasteiger partial charge < -0.3 is 5.32 Å². The Labute approximate surface area is 119 Å². The van der Waals surface area contributed by atoms with Crippen LogP contribution in [0.1, 0.15) is 22.8 Å². The molecule has 1 amide bonds. The molecule has 1 atom stereocenters. The van der Waals surface area contributed by atoms with Gasteiger partial charge in [-0.15, -0.1) is 6.42 Å². The number of rotatable bonds is 3. The molecule has 6 heteroatoms. The summed E-state index contributed by atoms with van der Waals surface area (Å²) in [5.74, 6) is 2.08. The van der Waals surface area contributed by atoms with Crippen LogP contribution in [0.15, 0.2) is 18.2 Å². The quantitative estimate of drug-likeness (QED) is 0.836. The van der Waals surface area contributed by atoms with Gasteiger partial charge >= 0.3 is 0 Å². The van der Waals surface area contributed by atoms with E-state index in [1.165, 1.54) is 10.6 Å². The fourth-order valence-electron chi connectivity index (χ4n) is 2.48. The van der Waals surface area contributed by atoms with Crippen LogP contribution in [-0.2, 0) is 16.4 Å². The van der Waals surface area contributed by atoms with E-state index in [1.54, 1.807) is 18.2 Å². The Balaban J connectivity index is 2.34. The summed E-state index contributed by atoms with van der Waals surface area (Å²) in [4.78, 5) is 11.8. The maximum atomic E-state index is 11.8. The molecule has 1 aliphatic heterocycles. The average molecular weight is 292 g/mol. The highest BCUT2D eigenvalue weighted by atomic mass is 32.2. The largest absolute Gasteiger partial charge is 0.341 e. The lowest BCUT2D eigenvalue weighted by atomic mass is 10.1. The third kappa shape index (κ3) is 2.63. The molecule has 0 bridgehead atoms. The highest BCUT2D eigenvalue weighted by molar-refractivity contribution is 7.92. The Hall–Kier alpha value is -2.00. The van der Waals surface area contributed by atoms with Crippen molar-refractivity contribution >= 4 is 21.6 Å². The number of sulfonamides is 1. The monoisotopic (exact) mass is 292 g/mol. The van der Waals surface area contributed by atoms with Crippen molar-refractivity contribution in [2.45, 2.75) is 19.4 Å². The smallest absolute Gasteiger partial charge is 0.252 e. The molecule has 0 spiro atoms. The predicted octanol–water partition coefficient (Wildman–Crippen LogP) is 0.760. The lowest BCUT2D eigenvalue weighted by Gasteiger charge is -2.21. The molecular weight excluding hydrogens is 276 g/mol. The first kappa shape index (κ1) is 14.4. The van der Waals surface area contributed by atoms with Gasteiger partial charge in [-0.1, -0.05) is 5.92 Å². The van der Waals surface area contributed by atoms with Crippen molar-refractivity contribution in [2.75, 3.05) is 17.1 Å². The number of anilines is 1. The van der Waals surface area contributed by atoms with E-state index in [2.05, 4.69) is 11.2 Å². The van der Waals surface area contributed by atoms with Crippen molar-refractivity contribution in [3.8, 4) is 12.3 Å². The molecular formula is C14H16N2O3S. The first-order chi connectivity index (χ1) is 9.34. The van der Waals surface area contributed by atoms with Crippen LogP contribution in [-0.4, -0.2) is 33.2 Å². The van der Waals surface area contributed by atoms with E-state index in [9.17, 15) is 13.2 Å². The Morgan fingerprint density at radius 1 is 1.55 bits per heavy atom. The second-order valence-electron chi connectivity index (χ2n) is 4.84. The van der Waals surface area contributed by atoms with E-state index in [4.69, 9.17) is 6.42 Å². The Morgan fingerprint density at radius 2 is 2.25 bits per heavy atom. The van der Waals surface area contributed by atoms with Crippen LogP contribution in [0.3, 0.4) is 0 Å². The van der Waals surface area contributed by atoms with Crippen molar-refractivity contribution in [1.29, 1.82) is 0 Å². The van der Waals surface area contributed by atoms with Crippen molar-refractivity contribution < 1.29 is 13.2 Å². The zero-order chi connectivity index (χ0) is 14.9. The summed E-state index contributed by atoms with van der Waals surface area (Å²) >= 11 is 0. The number of carbonyl (C=O) groups is 1. The van der Waals surface area contributed by atoms with Gasteiger partial charge in [0.1, 0.15) is 0 Å². The Morgan fingerprint density at radius 3 is 2.85 bits per heavy atom. The van der Waals surface area contributed by atoms with Crippen molar-refractivity contribution in [2.24, 2.45) is 0 Å². The summed E-state index contributed by atoms with van der Waals surface area (Å²) in [6.07, 6.45) is 6.87. The highest BCUT2D eigenvalue weighted by Gasteiger charge is 2.32. The molecule has 0 saturated carbocycles. The average Bonchev–Trinajstić information content (AvgIpc) is 2.70. The second kappa shape index (κ2) is 5.17. The van der Waals surface area contributed by atoms with Gasteiger partial charge in [0.25, 0.3) is 5.91 Å². The van der Waals surface area contributed by atoms with Gasteiger partial charge in [0.2, 0.25) is 10.0 Å². The van der Waals surface area contributed by atoms with Crippen LogP contribution in [0.25, 0.3) is 0 Å². The second-order valence-corrected chi connectivity index (χ2v) is 6.70. The number of fused-ring (bicyclic) bond motifs is 1. The molecule has 106 valence electrons. The van der Waals surface area contributed by atoms with E-state index in [-0.39, 0.29) is 18.5 Å². The number of nitrogens with zero attached hydrogens (tertiary/aromatic N) is 1. The summed E-state index contributed by atoms with van der Waals surface area (Å²) in [6.45, 7) is 2.01. The summed E-state index contributed by atoms with van der Waals surface area (Å²) in [6, 6.07) is 4.87. The summed E-state index contributed by atoms with van der Waals surface area (Å²) < 4.78 is 25.0. The van der Waals surface area contributed by atoms with Gasteiger partial charge in [0, 0.05) is 11.6 Å². The fraction of sp³-hybridized carbons (Fsp3) is 0.357. The molecule has 0 aliphatic carbocycles. The molecule has 1 heterocycles. The van der Waals surface area contributed by atoms with E-state index in [0.717, 1.165) is 5.56 Å². The van der Waals surface area contributed by atoms with Gasteiger partial charge in [0.15, 0.2) is 0 Å². The van der Waals surface area contributed by atoms with E-state index in [0.29, 0.717) is 17.7 Å². The van der Waals surface area contributed by atoms with Crippen molar-refractivity contribution in [1.82, 2.24) is 5.32 Å². The first-order valence-corrected chi connectivity index (χ1v) is 8.03. The number of hydrogen-bond donors (Lipinski definition) is 1. The SMILES string of the molecule is C#CCNC(=O)c1ccc2c(c1)C[C@H](C)N2S(C)(=O)=O. The topological polar surface area (TPSA) is 66.5 Å². The number of amides is 1. The number of carbonyl (C=O) groups excluding carboxylic acids is 1. The van der Waals surface area contributed by atoms with E-state index < -0.39 is 10.0 Å². The molecule has 0 aromatic heterocycles. The lowest BCUT2D eigenvalue weighted by Crippen LogP contribution is -2.34. The minimum atomic E-state index is -3.31. The summed E-state index contributed by atoms with van der Waals surface area (Å²) in [7, 11) is -3.31. The minimum Gasteiger partial charge on any atom is -0.341 e. The molecule has 0 radical (unpaired) electrons. The number of benzene rings is 1. The van der Waals surface area contributed by atoms with E-state index >= 15 is 0 Å². The molecule has 0 fully saturated rings. The molecule has 1 aromatic carbocycles. The van der Waals surface area contributed by atoms with Crippen LogP contribution >= 0.6 is 0 Å². The first-order valence-electron chi connectivity index (χ1n) is 6.18. The molecule has 2 rings (SSSR count). The van der Waals surface area contributed by atoms with Crippen molar-refractivity contribution in [3.63, 3.8) is 0 Å². The highest BCUT2D eigenvalue weighted by Crippen LogP contribution is 2.34. The van der Waals surface area contributed by atoms with Crippen molar-refractivity contribution in [3.05, 3.63) is 29.3 Å². The normalized spacial score (nSPS) is 17.4. The van der Waals surface area contributed by atoms with Gasteiger partial charge in [-0.3, -0.25) is 9.10 Å². The Kier molecular flexibility index (Phi) is 3.73. The Bertz CT molecular complexity index is 689. The zero-order valence-corrected chi connectivity index (χ0v) is 12.2. The number of hydrogen-bond acceptors (Lipinski definition) is 3.